The molecule has 0 saturated carbocycles. The molecule has 0 unspecified atom stereocenters. The predicted molar refractivity (Wildman–Crippen MR) is 108 cm³/mol. The molecule has 6 nitrogen and oxygen atoms in total. The molecule has 0 spiro atoms. The van der Waals surface area contributed by atoms with Crippen LogP contribution < -0.4 is 10.6 Å². The van der Waals surface area contributed by atoms with E-state index >= 15 is 0 Å². The van der Waals surface area contributed by atoms with Gasteiger partial charge in [0.2, 0.25) is 5.91 Å². The van der Waals surface area contributed by atoms with Crippen molar-refractivity contribution < 1.29 is 18.0 Å². The van der Waals surface area contributed by atoms with Crippen molar-refractivity contribution in [2.75, 3.05) is 46.8 Å². The molecular weight excluding hydrogens is 383 g/mol. The van der Waals surface area contributed by atoms with Gasteiger partial charge >= 0.3 is 6.18 Å². The summed E-state index contributed by atoms with van der Waals surface area (Å²) in [6.45, 7) is 3.79. The summed E-state index contributed by atoms with van der Waals surface area (Å²) < 4.78 is 38.7. The van der Waals surface area contributed by atoms with Crippen molar-refractivity contribution >= 4 is 11.9 Å². The summed E-state index contributed by atoms with van der Waals surface area (Å²) in [5.74, 6) is 0.296. The first-order valence-electron chi connectivity index (χ1n) is 9.86. The largest absolute Gasteiger partial charge is 0.416 e. The molecule has 1 aliphatic rings. The third kappa shape index (κ3) is 8.31. The van der Waals surface area contributed by atoms with Gasteiger partial charge in [-0.15, -0.1) is 0 Å². The van der Waals surface area contributed by atoms with Crippen molar-refractivity contribution in [3.63, 3.8) is 0 Å². The van der Waals surface area contributed by atoms with Crippen LogP contribution >= 0.6 is 0 Å². The highest BCUT2D eigenvalue weighted by Crippen LogP contribution is 2.29. The molecule has 162 valence electrons. The van der Waals surface area contributed by atoms with E-state index in [0.717, 1.165) is 31.8 Å². The van der Waals surface area contributed by atoms with Crippen LogP contribution in [0.2, 0.25) is 0 Å². The van der Waals surface area contributed by atoms with Crippen LogP contribution in [0.3, 0.4) is 0 Å². The summed E-state index contributed by atoms with van der Waals surface area (Å²) in [6, 6.07) is 5.12. The number of nitrogens with zero attached hydrogens (tertiary/aromatic N) is 3. The number of likely N-dealkylation sites (N-methyl/N-ethyl adjacent to an activating group) is 1. The predicted octanol–water partition coefficient (Wildman–Crippen LogP) is 2.31. The normalized spacial score (nSPS) is 15.8. The first-order chi connectivity index (χ1) is 13.8. The van der Waals surface area contributed by atoms with Crippen molar-refractivity contribution in [3.8, 4) is 0 Å². The number of guanidine groups is 1. The highest BCUT2D eigenvalue weighted by Gasteiger charge is 2.30. The summed E-state index contributed by atoms with van der Waals surface area (Å²) in [7, 11) is 3.32. The lowest BCUT2D eigenvalue weighted by Crippen LogP contribution is -2.45. The van der Waals surface area contributed by atoms with Gasteiger partial charge in [-0.25, -0.2) is 4.99 Å². The van der Waals surface area contributed by atoms with Gasteiger partial charge in [0, 0.05) is 27.2 Å². The summed E-state index contributed by atoms with van der Waals surface area (Å²) in [5, 5.41) is 6.14. The van der Waals surface area contributed by atoms with Gasteiger partial charge in [-0.1, -0.05) is 18.6 Å². The first kappa shape index (κ1) is 23.0. The van der Waals surface area contributed by atoms with Crippen LogP contribution in [0.15, 0.2) is 29.3 Å². The maximum atomic E-state index is 12.9. The van der Waals surface area contributed by atoms with Gasteiger partial charge in [-0.3, -0.25) is 4.79 Å². The van der Waals surface area contributed by atoms with Crippen LogP contribution in [0.25, 0.3) is 0 Å². The zero-order valence-corrected chi connectivity index (χ0v) is 17.1. The number of alkyl halides is 3. The fourth-order valence-electron chi connectivity index (χ4n) is 3.02. The molecular formula is C20H30F3N5O. The Morgan fingerprint density at radius 2 is 1.90 bits per heavy atom. The lowest BCUT2D eigenvalue weighted by atomic mass is 10.1. The third-order valence-corrected chi connectivity index (χ3v) is 4.75. The lowest BCUT2D eigenvalue weighted by molar-refractivity contribution is -0.137. The summed E-state index contributed by atoms with van der Waals surface area (Å²) in [6.07, 6.45) is -0.717. The van der Waals surface area contributed by atoms with Gasteiger partial charge in [-0.2, -0.15) is 13.2 Å². The Labute approximate surface area is 170 Å². The summed E-state index contributed by atoms with van der Waals surface area (Å²) in [5.41, 5.74) is -0.239. The third-order valence-electron chi connectivity index (χ3n) is 4.75. The van der Waals surface area contributed by atoms with Crippen molar-refractivity contribution in [3.05, 3.63) is 35.4 Å². The van der Waals surface area contributed by atoms with Crippen LogP contribution in [0.5, 0.6) is 0 Å². The second-order valence-corrected chi connectivity index (χ2v) is 7.33. The molecule has 1 amide bonds. The highest BCUT2D eigenvalue weighted by atomic mass is 19.4. The van der Waals surface area contributed by atoms with E-state index in [9.17, 15) is 18.0 Å². The minimum Gasteiger partial charge on any atom is -0.355 e. The van der Waals surface area contributed by atoms with Crippen molar-refractivity contribution in [1.82, 2.24) is 20.4 Å². The quantitative estimate of drug-likeness (QED) is 0.532. The van der Waals surface area contributed by atoms with Crippen LogP contribution in [0, 0.1) is 0 Å². The molecule has 0 aliphatic carbocycles. The number of nitrogens with one attached hydrogen (secondary N) is 2. The minimum atomic E-state index is -4.38. The molecule has 1 aromatic rings. The average molecular weight is 413 g/mol. The van der Waals surface area contributed by atoms with Gasteiger partial charge in [0.1, 0.15) is 0 Å². The zero-order chi connectivity index (χ0) is 21.3. The Morgan fingerprint density at radius 1 is 1.17 bits per heavy atom. The number of carbonyl (C=O) groups is 1. The number of hydrogen-bond acceptors (Lipinski definition) is 3. The van der Waals surface area contributed by atoms with Gasteiger partial charge in [0.25, 0.3) is 0 Å². The van der Waals surface area contributed by atoms with E-state index in [2.05, 4.69) is 20.5 Å². The number of hydrogen-bond donors (Lipinski definition) is 2. The fourth-order valence-corrected chi connectivity index (χ4v) is 3.02. The molecule has 2 N–H and O–H groups in total. The molecule has 0 radical (unpaired) electrons. The number of carbonyl (C=O) groups excluding carboxylic acids is 1. The van der Waals surface area contributed by atoms with E-state index in [1.807, 2.05) is 0 Å². The highest BCUT2D eigenvalue weighted by molar-refractivity contribution is 5.86. The number of piperidine rings is 1. The van der Waals surface area contributed by atoms with E-state index in [1.54, 1.807) is 20.2 Å². The molecule has 0 atom stereocenters. The van der Waals surface area contributed by atoms with E-state index in [4.69, 9.17) is 0 Å². The minimum absolute atomic E-state index is 0.0607. The number of halogens is 3. The lowest BCUT2D eigenvalue weighted by Gasteiger charge is -2.26. The molecule has 1 heterocycles. The van der Waals surface area contributed by atoms with Crippen molar-refractivity contribution in [2.24, 2.45) is 4.99 Å². The maximum absolute atomic E-state index is 12.9. The summed E-state index contributed by atoms with van der Waals surface area (Å²) >= 11 is 0. The fraction of sp³-hybridized carbons (Fsp3) is 0.600. The number of benzene rings is 1. The molecule has 0 aromatic heterocycles. The Bertz CT molecular complexity index is 685. The van der Waals surface area contributed by atoms with E-state index in [1.165, 1.54) is 30.2 Å². The van der Waals surface area contributed by atoms with Gasteiger partial charge in [-0.05, 0) is 43.6 Å². The smallest absolute Gasteiger partial charge is 0.355 e. The SMILES string of the molecule is CN(C)C(=O)CNC(=NCc1cccc(C(F)(F)F)c1)NCCN1CCCCC1. The Balaban J connectivity index is 1.97. The first-order valence-corrected chi connectivity index (χ1v) is 9.86. The Kier molecular flexibility index (Phi) is 8.75. The van der Waals surface area contributed by atoms with Crippen LogP contribution in [0.4, 0.5) is 13.2 Å². The zero-order valence-electron chi connectivity index (χ0n) is 17.1. The standard InChI is InChI=1S/C20H30F3N5O/c1-27(2)18(29)15-26-19(24-9-12-28-10-4-3-5-11-28)25-14-16-7-6-8-17(13-16)20(21,22)23/h6-8,13H,3-5,9-12,14-15H2,1-2H3,(H2,24,25,26). The van der Waals surface area contributed by atoms with Gasteiger partial charge in [0.15, 0.2) is 5.96 Å². The number of aliphatic imine (C=N–C) groups is 1. The monoisotopic (exact) mass is 413 g/mol. The topological polar surface area (TPSA) is 60.0 Å². The average Bonchev–Trinajstić information content (AvgIpc) is 2.69. The molecule has 2 rings (SSSR count). The van der Waals surface area contributed by atoms with Gasteiger partial charge < -0.3 is 20.4 Å². The summed E-state index contributed by atoms with van der Waals surface area (Å²) in [4.78, 5) is 20.0. The van der Waals surface area contributed by atoms with Crippen LogP contribution in [-0.2, 0) is 17.5 Å². The maximum Gasteiger partial charge on any atom is 0.416 e. The molecule has 1 aromatic carbocycles. The van der Waals surface area contributed by atoms with E-state index < -0.39 is 11.7 Å². The van der Waals surface area contributed by atoms with Crippen molar-refractivity contribution in [1.29, 1.82) is 0 Å². The second-order valence-electron chi connectivity index (χ2n) is 7.33. The molecule has 1 fully saturated rings. The molecule has 0 bridgehead atoms. The van der Waals surface area contributed by atoms with Crippen molar-refractivity contribution in [2.45, 2.75) is 32.0 Å². The van der Waals surface area contributed by atoms with Crippen LogP contribution in [-0.4, -0.2) is 68.5 Å². The molecule has 1 aliphatic heterocycles. The Hall–Kier alpha value is -2.29. The number of likely N-dealkylation sites (tertiary alicyclic amines) is 1. The molecule has 1 saturated heterocycles. The number of amides is 1. The molecule has 9 heteroatoms. The molecule has 29 heavy (non-hydrogen) atoms. The number of rotatable bonds is 7. The Morgan fingerprint density at radius 3 is 2.55 bits per heavy atom. The van der Waals surface area contributed by atoms with Crippen LogP contribution in [0.1, 0.15) is 30.4 Å². The van der Waals surface area contributed by atoms with E-state index in [-0.39, 0.29) is 19.0 Å². The second kappa shape index (κ2) is 11.0. The van der Waals surface area contributed by atoms with E-state index in [0.29, 0.717) is 18.1 Å². The van der Waals surface area contributed by atoms with Gasteiger partial charge in [0.05, 0.1) is 18.7 Å².